The zero-order chi connectivity index (χ0) is 9.19. The Labute approximate surface area is 77.1 Å². The Bertz CT molecular complexity index is 132. The lowest BCUT2D eigenvalue weighted by atomic mass is 9.75. The molecule has 0 aromatic carbocycles. The van der Waals surface area contributed by atoms with Crippen LogP contribution in [0.15, 0.2) is 0 Å². The molecule has 1 fully saturated rings. The topological polar surface area (TPSA) is 3.24 Å². The molecule has 0 atom stereocenters. The molecule has 72 valence electrons. The van der Waals surface area contributed by atoms with Gasteiger partial charge in [0.1, 0.15) is 0 Å². The number of rotatable bonds is 3. The van der Waals surface area contributed by atoms with Gasteiger partial charge in [0, 0.05) is 6.54 Å². The number of hydrogen-bond acceptors (Lipinski definition) is 1. The van der Waals surface area contributed by atoms with Gasteiger partial charge in [-0.25, -0.2) is 0 Å². The Kier molecular flexibility index (Phi) is 3.16. The molecule has 1 aliphatic carbocycles. The van der Waals surface area contributed by atoms with E-state index in [0.29, 0.717) is 5.41 Å². The van der Waals surface area contributed by atoms with Gasteiger partial charge in [0.2, 0.25) is 0 Å². The van der Waals surface area contributed by atoms with Gasteiger partial charge in [-0.05, 0) is 38.3 Å². The predicted octanol–water partition coefficient (Wildman–Crippen LogP) is 2.76. The minimum atomic E-state index is 0.642. The summed E-state index contributed by atoms with van der Waals surface area (Å²) in [7, 11) is 4.39. The molecule has 1 saturated carbocycles. The van der Waals surface area contributed by atoms with E-state index in [2.05, 4.69) is 32.8 Å². The molecular weight excluding hydrogens is 146 g/mol. The molecule has 0 N–H and O–H groups in total. The zero-order valence-corrected chi connectivity index (χ0v) is 9.06. The first-order chi connectivity index (χ1) is 5.57. The van der Waals surface area contributed by atoms with Crippen molar-refractivity contribution < 1.29 is 0 Å². The lowest BCUT2D eigenvalue weighted by Gasteiger charge is -2.36. The zero-order valence-electron chi connectivity index (χ0n) is 9.06. The van der Waals surface area contributed by atoms with Gasteiger partial charge in [0.25, 0.3) is 0 Å². The van der Waals surface area contributed by atoms with E-state index in [4.69, 9.17) is 0 Å². The summed E-state index contributed by atoms with van der Waals surface area (Å²) in [6.07, 6.45) is 5.80. The molecule has 12 heavy (non-hydrogen) atoms. The molecule has 0 amide bonds. The van der Waals surface area contributed by atoms with E-state index in [-0.39, 0.29) is 0 Å². The molecule has 0 aliphatic heterocycles. The highest BCUT2D eigenvalue weighted by atomic mass is 15.1. The highest BCUT2D eigenvalue weighted by molar-refractivity contribution is 4.88. The Hall–Kier alpha value is -0.0400. The quantitative estimate of drug-likeness (QED) is 0.628. The largest absolute Gasteiger partial charge is 0.309 e. The Morgan fingerprint density at radius 2 is 1.67 bits per heavy atom. The molecule has 0 spiro atoms. The van der Waals surface area contributed by atoms with Crippen LogP contribution in [0.5, 0.6) is 0 Å². The van der Waals surface area contributed by atoms with Crippen LogP contribution in [0.2, 0.25) is 0 Å². The molecule has 0 heterocycles. The van der Waals surface area contributed by atoms with Crippen molar-refractivity contribution in [3.05, 3.63) is 0 Å². The van der Waals surface area contributed by atoms with Crippen LogP contribution in [0.3, 0.4) is 0 Å². The first-order valence-corrected chi connectivity index (χ1v) is 5.21. The monoisotopic (exact) mass is 169 g/mol. The molecule has 1 nitrogen and oxygen atoms in total. The van der Waals surface area contributed by atoms with Crippen molar-refractivity contribution in [1.82, 2.24) is 4.90 Å². The fourth-order valence-corrected chi connectivity index (χ4v) is 2.63. The molecule has 0 saturated heterocycles. The second-order valence-electron chi connectivity index (χ2n) is 4.96. The van der Waals surface area contributed by atoms with Crippen molar-refractivity contribution in [1.29, 1.82) is 0 Å². The normalized spacial score (nSPS) is 22.5. The van der Waals surface area contributed by atoms with E-state index in [1.165, 1.54) is 32.2 Å². The van der Waals surface area contributed by atoms with Gasteiger partial charge < -0.3 is 4.90 Å². The summed E-state index contributed by atoms with van der Waals surface area (Å²) >= 11 is 0. The molecule has 1 aliphatic rings. The fourth-order valence-electron chi connectivity index (χ4n) is 2.63. The predicted molar refractivity (Wildman–Crippen MR) is 54.3 cm³/mol. The summed E-state index contributed by atoms with van der Waals surface area (Å²) in [5.41, 5.74) is 0.642. The first-order valence-electron chi connectivity index (χ1n) is 5.21. The third-order valence-corrected chi connectivity index (χ3v) is 3.46. The average molecular weight is 169 g/mol. The van der Waals surface area contributed by atoms with Gasteiger partial charge >= 0.3 is 0 Å². The molecular formula is C11H23N. The third kappa shape index (κ3) is 2.01. The van der Waals surface area contributed by atoms with Gasteiger partial charge in [0.05, 0.1) is 0 Å². The highest BCUT2D eigenvalue weighted by Crippen LogP contribution is 2.44. The maximum atomic E-state index is 2.38. The molecule has 0 aromatic rings. The molecule has 1 rings (SSSR count). The lowest BCUT2D eigenvalue weighted by molar-refractivity contribution is 0.137. The maximum absolute atomic E-state index is 2.38. The van der Waals surface area contributed by atoms with Crippen molar-refractivity contribution in [2.75, 3.05) is 20.6 Å². The lowest BCUT2D eigenvalue weighted by Crippen LogP contribution is -2.35. The van der Waals surface area contributed by atoms with Gasteiger partial charge in [-0.15, -0.1) is 0 Å². The van der Waals surface area contributed by atoms with Crippen LogP contribution in [-0.2, 0) is 0 Å². The maximum Gasteiger partial charge on any atom is 0.00343 e. The summed E-state index contributed by atoms with van der Waals surface area (Å²) < 4.78 is 0. The van der Waals surface area contributed by atoms with E-state index in [1.54, 1.807) is 0 Å². The number of nitrogens with zero attached hydrogens (tertiary/aromatic N) is 1. The van der Waals surface area contributed by atoms with Gasteiger partial charge in [-0.3, -0.25) is 0 Å². The van der Waals surface area contributed by atoms with Crippen LogP contribution >= 0.6 is 0 Å². The van der Waals surface area contributed by atoms with Crippen LogP contribution in [0.1, 0.15) is 39.5 Å². The summed E-state index contributed by atoms with van der Waals surface area (Å²) in [4.78, 5) is 2.35. The SMILES string of the molecule is CC(C)C1(CN(C)C)CCCC1. The molecule has 0 radical (unpaired) electrons. The van der Waals surface area contributed by atoms with Crippen LogP contribution in [0, 0.1) is 11.3 Å². The fraction of sp³-hybridized carbons (Fsp3) is 1.00. The van der Waals surface area contributed by atoms with Gasteiger partial charge in [-0.1, -0.05) is 26.7 Å². The standard InChI is InChI=1S/C11H23N/c1-10(2)11(9-12(3)4)7-5-6-8-11/h10H,5-9H2,1-4H3. The summed E-state index contributed by atoms with van der Waals surface area (Å²) in [6, 6.07) is 0. The van der Waals surface area contributed by atoms with E-state index in [0.717, 1.165) is 5.92 Å². The van der Waals surface area contributed by atoms with Crippen molar-refractivity contribution >= 4 is 0 Å². The van der Waals surface area contributed by atoms with Crippen molar-refractivity contribution in [3.63, 3.8) is 0 Å². The van der Waals surface area contributed by atoms with E-state index < -0.39 is 0 Å². The molecule has 0 bridgehead atoms. The van der Waals surface area contributed by atoms with E-state index in [9.17, 15) is 0 Å². The molecule has 1 heteroatoms. The van der Waals surface area contributed by atoms with E-state index >= 15 is 0 Å². The molecule has 0 aromatic heterocycles. The average Bonchev–Trinajstić information content (AvgIpc) is 2.35. The van der Waals surface area contributed by atoms with Crippen LogP contribution in [0.4, 0.5) is 0 Å². The van der Waals surface area contributed by atoms with Crippen molar-refractivity contribution in [2.45, 2.75) is 39.5 Å². The summed E-state index contributed by atoms with van der Waals surface area (Å²) in [6.45, 7) is 6.05. The van der Waals surface area contributed by atoms with E-state index in [1.807, 2.05) is 0 Å². The Morgan fingerprint density at radius 1 is 1.17 bits per heavy atom. The van der Waals surface area contributed by atoms with Gasteiger partial charge in [0.15, 0.2) is 0 Å². The second-order valence-corrected chi connectivity index (χ2v) is 4.96. The highest BCUT2D eigenvalue weighted by Gasteiger charge is 2.36. The molecule has 0 unspecified atom stereocenters. The van der Waals surface area contributed by atoms with Gasteiger partial charge in [-0.2, -0.15) is 0 Å². The Morgan fingerprint density at radius 3 is 2.00 bits per heavy atom. The second kappa shape index (κ2) is 3.78. The van der Waals surface area contributed by atoms with Crippen molar-refractivity contribution in [3.8, 4) is 0 Å². The minimum absolute atomic E-state index is 0.642. The van der Waals surface area contributed by atoms with Crippen LogP contribution in [-0.4, -0.2) is 25.5 Å². The number of hydrogen-bond donors (Lipinski definition) is 0. The Balaban J connectivity index is 2.59. The smallest absolute Gasteiger partial charge is 0.00343 e. The minimum Gasteiger partial charge on any atom is -0.309 e. The van der Waals surface area contributed by atoms with Crippen molar-refractivity contribution in [2.24, 2.45) is 11.3 Å². The summed E-state index contributed by atoms with van der Waals surface area (Å²) in [5.74, 6) is 0.849. The first kappa shape index (κ1) is 10.0. The third-order valence-electron chi connectivity index (χ3n) is 3.46. The van der Waals surface area contributed by atoms with Crippen LogP contribution < -0.4 is 0 Å². The summed E-state index contributed by atoms with van der Waals surface area (Å²) in [5, 5.41) is 0. The van der Waals surface area contributed by atoms with Crippen LogP contribution in [0.25, 0.3) is 0 Å².